The summed E-state index contributed by atoms with van der Waals surface area (Å²) in [5, 5.41) is 0. The zero-order valence-corrected chi connectivity index (χ0v) is 38.3. The summed E-state index contributed by atoms with van der Waals surface area (Å²) in [6.45, 7) is 4.20. The van der Waals surface area contributed by atoms with Crippen LogP contribution in [0.2, 0.25) is 0 Å². The average Bonchev–Trinajstić information content (AvgIpc) is 3.41. The molecule has 7 aromatic carbocycles. The second-order valence-corrected chi connectivity index (χ2v) is 17.7. The fourth-order valence-electron chi connectivity index (χ4n) is 9.64. The third-order valence-corrected chi connectivity index (χ3v) is 13.0. The fraction of sp³-hybridized carbons (Fsp3) is 0.0615. The molecule has 0 N–H and O–H groups in total. The summed E-state index contributed by atoms with van der Waals surface area (Å²) in [5.74, 6) is 0. The Morgan fingerprint density at radius 3 is 1.26 bits per heavy atom. The highest BCUT2D eigenvalue weighted by atomic mass is 14.7. The van der Waals surface area contributed by atoms with Crippen LogP contribution in [-0.4, -0.2) is 15.0 Å². The van der Waals surface area contributed by atoms with E-state index < -0.39 is 0 Å². The maximum absolute atomic E-state index is 5.17. The topological polar surface area (TPSA) is 38.7 Å². The number of hydrogen-bond donors (Lipinski definition) is 0. The van der Waals surface area contributed by atoms with Crippen LogP contribution in [0.15, 0.2) is 237 Å². The zero-order valence-electron chi connectivity index (χ0n) is 38.3. The number of hydrogen-bond acceptors (Lipinski definition) is 3. The minimum Gasteiger partial charge on any atom is -0.264 e. The highest BCUT2D eigenvalue weighted by Crippen LogP contribution is 2.44. The van der Waals surface area contributed by atoms with E-state index in [1.807, 2.05) is 24.8 Å². The number of rotatable bonds is 10. The summed E-state index contributed by atoms with van der Waals surface area (Å²) in [7, 11) is 0. The second kappa shape index (κ2) is 18.8. The standard InChI is InChI=1S/C65H49N3/c1-44-33-55(41-66-39-44)60-22-11-9-19-57(60)52-35-53(58-20-10-12-23-61(58)56-34-45(2)40-67-42-56)37-54(36-52)59-21-13-14-24-62(59)64-43-68-65(51-17-7-4-8-18-51)38-63(64)50-31-29-49(30-32-50)48-27-25-47(26-28-48)46-15-5-3-6-16-46/h4-5,7-43H,3,6H2,1-2H3. The van der Waals surface area contributed by atoms with Gasteiger partial charge in [-0.05, 0) is 158 Å². The molecule has 0 atom stereocenters. The lowest BCUT2D eigenvalue weighted by Gasteiger charge is -2.19. The Hall–Kier alpha value is -8.53. The van der Waals surface area contributed by atoms with Gasteiger partial charge >= 0.3 is 0 Å². The van der Waals surface area contributed by atoms with E-state index in [4.69, 9.17) is 4.98 Å². The largest absolute Gasteiger partial charge is 0.264 e. The number of allylic oxidation sites excluding steroid dienone is 4. The van der Waals surface area contributed by atoms with Crippen molar-refractivity contribution in [3.05, 3.63) is 254 Å². The first kappa shape index (κ1) is 42.1. The predicted octanol–water partition coefficient (Wildman–Crippen LogP) is 17.2. The van der Waals surface area contributed by atoms with Crippen LogP contribution in [0.1, 0.15) is 29.5 Å². The van der Waals surface area contributed by atoms with E-state index in [1.54, 1.807) is 0 Å². The molecule has 1 aliphatic rings. The van der Waals surface area contributed by atoms with Crippen LogP contribution >= 0.6 is 0 Å². The van der Waals surface area contributed by atoms with Crippen LogP contribution in [0.5, 0.6) is 0 Å². The molecule has 0 aliphatic heterocycles. The van der Waals surface area contributed by atoms with Crippen LogP contribution in [0.25, 0.3) is 106 Å². The zero-order chi connectivity index (χ0) is 45.8. The predicted molar refractivity (Wildman–Crippen MR) is 285 cm³/mol. The summed E-state index contributed by atoms with van der Waals surface area (Å²) in [5.41, 5.74) is 24.8. The van der Waals surface area contributed by atoms with Crippen molar-refractivity contribution in [1.29, 1.82) is 0 Å². The molecule has 0 unspecified atom stereocenters. The Morgan fingerprint density at radius 2 is 0.765 bits per heavy atom. The lowest BCUT2D eigenvalue weighted by atomic mass is 9.85. The lowest BCUT2D eigenvalue weighted by molar-refractivity contribution is 1.04. The third-order valence-electron chi connectivity index (χ3n) is 13.0. The van der Waals surface area contributed by atoms with E-state index >= 15 is 0 Å². The molecule has 0 spiro atoms. The van der Waals surface area contributed by atoms with Crippen molar-refractivity contribution in [2.24, 2.45) is 0 Å². The maximum atomic E-state index is 5.17. The summed E-state index contributed by atoms with van der Waals surface area (Å²) >= 11 is 0. The van der Waals surface area contributed by atoms with E-state index in [-0.39, 0.29) is 0 Å². The molecular weight excluding hydrogens is 823 g/mol. The first-order chi connectivity index (χ1) is 33.5. The van der Waals surface area contributed by atoms with E-state index in [2.05, 4.69) is 236 Å². The van der Waals surface area contributed by atoms with E-state index in [0.717, 1.165) is 113 Å². The highest BCUT2D eigenvalue weighted by Gasteiger charge is 2.19. The number of aromatic nitrogens is 3. The van der Waals surface area contributed by atoms with Gasteiger partial charge in [0, 0.05) is 53.2 Å². The van der Waals surface area contributed by atoms with E-state index in [0.29, 0.717) is 0 Å². The lowest BCUT2D eigenvalue weighted by Crippen LogP contribution is -1.95. The number of nitrogens with zero attached hydrogens (tertiary/aromatic N) is 3. The van der Waals surface area contributed by atoms with Crippen molar-refractivity contribution in [1.82, 2.24) is 15.0 Å². The Balaban J connectivity index is 1.07. The Kier molecular flexibility index (Phi) is 11.6. The molecule has 10 aromatic rings. The van der Waals surface area contributed by atoms with Gasteiger partial charge < -0.3 is 0 Å². The first-order valence-electron chi connectivity index (χ1n) is 23.4. The van der Waals surface area contributed by atoms with Gasteiger partial charge in [0.05, 0.1) is 5.69 Å². The van der Waals surface area contributed by atoms with Gasteiger partial charge in [-0.3, -0.25) is 15.0 Å². The molecule has 3 nitrogen and oxygen atoms in total. The molecule has 0 saturated carbocycles. The molecule has 0 radical (unpaired) electrons. The Bertz CT molecular complexity index is 3400. The van der Waals surface area contributed by atoms with Gasteiger partial charge in [0.2, 0.25) is 0 Å². The number of aryl methyl sites for hydroxylation is 2. The monoisotopic (exact) mass is 871 g/mol. The van der Waals surface area contributed by atoms with Crippen molar-refractivity contribution in [2.45, 2.75) is 26.7 Å². The molecule has 0 amide bonds. The SMILES string of the molecule is Cc1cncc(-c2ccccc2-c2cc(-c3ccccc3-c3cncc(C)c3)cc(-c3ccccc3-c3cnc(-c4ccccc4)cc3-c3ccc(-c4ccc(C5=CCCC=C5)cc4)cc3)c2)c1. The summed E-state index contributed by atoms with van der Waals surface area (Å²) < 4.78 is 0. The van der Waals surface area contributed by atoms with Gasteiger partial charge in [-0.2, -0.15) is 0 Å². The molecule has 3 heterocycles. The molecule has 0 bridgehead atoms. The normalized spacial score (nSPS) is 12.2. The minimum absolute atomic E-state index is 0.932. The van der Waals surface area contributed by atoms with Gasteiger partial charge in [0.1, 0.15) is 0 Å². The first-order valence-corrected chi connectivity index (χ1v) is 23.4. The van der Waals surface area contributed by atoms with E-state index in [1.165, 1.54) is 22.3 Å². The van der Waals surface area contributed by atoms with Gasteiger partial charge in [0.15, 0.2) is 0 Å². The summed E-state index contributed by atoms with van der Waals surface area (Å²) in [6, 6.07) is 68.4. The van der Waals surface area contributed by atoms with E-state index in [9.17, 15) is 0 Å². The quantitative estimate of drug-likeness (QED) is 0.137. The molecule has 0 fully saturated rings. The molecular formula is C65H49N3. The van der Waals surface area contributed by atoms with Gasteiger partial charge in [-0.15, -0.1) is 0 Å². The maximum Gasteiger partial charge on any atom is 0.0708 e. The molecule has 11 rings (SSSR count). The second-order valence-electron chi connectivity index (χ2n) is 17.7. The minimum atomic E-state index is 0.932. The van der Waals surface area contributed by atoms with Gasteiger partial charge in [-0.1, -0.05) is 170 Å². The van der Waals surface area contributed by atoms with Crippen molar-refractivity contribution in [3.63, 3.8) is 0 Å². The Labute approximate surface area is 399 Å². The smallest absolute Gasteiger partial charge is 0.0708 e. The molecule has 3 heteroatoms. The molecule has 324 valence electrons. The van der Waals surface area contributed by atoms with Crippen molar-refractivity contribution in [2.75, 3.05) is 0 Å². The van der Waals surface area contributed by atoms with Crippen LogP contribution in [-0.2, 0) is 0 Å². The van der Waals surface area contributed by atoms with Crippen LogP contribution < -0.4 is 0 Å². The van der Waals surface area contributed by atoms with Crippen LogP contribution in [0.4, 0.5) is 0 Å². The fourth-order valence-corrected chi connectivity index (χ4v) is 9.64. The Morgan fingerprint density at radius 1 is 0.309 bits per heavy atom. The van der Waals surface area contributed by atoms with Crippen LogP contribution in [0.3, 0.4) is 0 Å². The molecule has 0 saturated heterocycles. The van der Waals surface area contributed by atoms with Crippen LogP contribution in [0, 0.1) is 13.8 Å². The molecule has 3 aromatic heterocycles. The third kappa shape index (κ3) is 8.66. The number of benzene rings is 7. The van der Waals surface area contributed by atoms with Gasteiger partial charge in [0.25, 0.3) is 0 Å². The number of pyridine rings is 3. The molecule has 68 heavy (non-hydrogen) atoms. The van der Waals surface area contributed by atoms with Crippen molar-refractivity contribution >= 4 is 5.57 Å². The summed E-state index contributed by atoms with van der Waals surface area (Å²) in [6.07, 6.45) is 18.9. The van der Waals surface area contributed by atoms with Crippen molar-refractivity contribution in [3.8, 4) is 100 Å². The van der Waals surface area contributed by atoms with Crippen molar-refractivity contribution < 1.29 is 0 Å². The highest BCUT2D eigenvalue weighted by molar-refractivity contribution is 5.97. The molecule has 1 aliphatic carbocycles. The summed E-state index contributed by atoms with van der Waals surface area (Å²) in [4.78, 5) is 14.4. The average molecular weight is 872 g/mol. The van der Waals surface area contributed by atoms with Gasteiger partial charge in [-0.25, -0.2) is 0 Å².